The number of aliphatic hydroxyl groups excluding tert-OH is 1. The number of halogens is 6. The summed E-state index contributed by atoms with van der Waals surface area (Å²) in [6.45, 7) is 0. The zero-order valence-corrected chi connectivity index (χ0v) is 8.36. The molecule has 100 valence electrons. The molecule has 1 aliphatic heterocycles. The number of aliphatic hydroxyl groups is 1. The summed E-state index contributed by atoms with van der Waals surface area (Å²) in [5, 5.41) is 10.9. The molecule has 0 aromatic heterocycles. The highest BCUT2D eigenvalue weighted by atomic mass is 19.4. The fourth-order valence-electron chi connectivity index (χ4n) is 1.51. The van der Waals surface area contributed by atoms with Gasteiger partial charge in [-0.15, -0.1) is 0 Å². The summed E-state index contributed by atoms with van der Waals surface area (Å²) < 4.78 is 79.4. The molecule has 18 heavy (non-hydrogen) atoms. The summed E-state index contributed by atoms with van der Waals surface area (Å²) in [5.74, 6) is -0.844. The zero-order valence-electron chi connectivity index (χ0n) is 8.36. The molecule has 1 heterocycles. The lowest BCUT2D eigenvalue weighted by Gasteiger charge is -2.14. The molecule has 2 rings (SSSR count). The van der Waals surface area contributed by atoms with Crippen LogP contribution in [-0.4, -0.2) is 11.5 Å². The predicted octanol–water partition coefficient (Wildman–Crippen LogP) is 2.80. The van der Waals surface area contributed by atoms with Gasteiger partial charge in [0.2, 0.25) is 0 Å². The van der Waals surface area contributed by atoms with Crippen LogP contribution in [0.3, 0.4) is 0 Å². The Morgan fingerprint density at radius 2 is 1.67 bits per heavy atom. The normalized spacial score (nSPS) is 19.2. The summed E-state index contributed by atoms with van der Waals surface area (Å²) in [6.07, 6.45) is -11.7. The van der Waals surface area contributed by atoms with Crippen LogP contribution in [0, 0.1) is 0 Å². The van der Waals surface area contributed by atoms with Gasteiger partial charge in [0.05, 0.1) is 11.3 Å². The van der Waals surface area contributed by atoms with E-state index in [2.05, 4.69) is 4.74 Å². The van der Waals surface area contributed by atoms with Crippen LogP contribution in [0.2, 0.25) is 0 Å². The van der Waals surface area contributed by atoms with Crippen molar-refractivity contribution in [2.75, 3.05) is 5.32 Å². The van der Waals surface area contributed by atoms with Crippen LogP contribution in [0.15, 0.2) is 12.1 Å². The molecule has 0 aliphatic carbocycles. The van der Waals surface area contributed by atoms with E-state index in [0.29, 0.717) is 6.07 Å². The zero-order chi connectivity index (χ0) is 13.7. The standard InChI is InChI=1S/C9H5F6NO2/c10-8(11,12)3-1-4(9(13,14)15)6-5(2-3)16-7(17)18-6/h1-2,7,16-17H. The fraction of sp³-hybridized carbons (Fsp3) is 0.333. The Labute approximate surface area is 96.0 Å². The number of rotatable bonds is 0. The molecule has 9 heteroatoms. The molecular weight excluding hydrogens is 268 g/mol. The lowest BCUT2D eigenvalue weighted by molar-refractivity contribution is -0.144. The highest BCUT2D eigenvalue weighted by molar-refractivity contribution is 5.65. The Hall–Kier alpha value is -1.64. The highest BCUT2D eigenvalue weighted by Crippen LogP contribution is 2.46. The first-order valence-electron chi connectivity index (χ1n) is 4.53. The molecule has 0 amide bonds. The summed E-state index contributed by atoms with van der Waals surface area (Å²) in [5.41, 5.74) is -3.61. The third kappa shape index (κ3) is 2.17. The molecule has 1 aliphatic rings. The van der Waals surface area contributed by atoms with Gasteiger partial charge in [0.25, 0.3) is 6.41 Å². The first-order valence-corrected chi connectivity index (χ1v) is 4.53. The van der Waals surface area contributed by atoms with Gasteiger partial charge >= 0.3 is 12.4 Å². The SMILES string of the molecule is OC1Nc2cc(C(F)(F)F)cc(C(F)(F)F)c2O1. The van der Waals surface area contributed by atoms with Crippen molar-refractivity contribution < 1.29 is 36.2 Å². The van der Waals surface area contributed by atoms with Gasteiger partial charge in [-0.3, -0.25) is 0 Å². The lowest BCUT2D eigenvalue weighted by atomic mass is 10.1. The van der Waals surface area contributed by atoms with Crippen molar-refractivity contribution in [3.05, 3.63) is 23.3 Å². The number of nitrogens with one attached hydrogen (secondary N) is 1. The molecule has 0 saturated heterocycles. The van der Waals surface area contributed by atoms with Crippen molar-refractivity contribution in [3.63, 3.8) is 0 Å². The average Bonchev–Trinajstić information content (AvgIpc) is 2.52. The number of hydrogen-bond acceptors (Lipinski definition) is 3. The lowest BCUT2D eigenvalue weighted by Crippen LogP contribution is -2.18. The maximum absolute atomic E-state index is 12.6. The fourth-order valence-corrected chi connectivity index (χ4v) is 1.51. The first kappa shape index (κ1) is 12.8. The summed E-state index contributed by atoms with van der Waals surface area (Å²) in [4.78, 5) is 0. The number of fused-ring (bicyclic) bond motifs is 1. The molecule has 2 N–H and O–H groups in total. The number of anilines is 1. The third-order valence-electron chi connectivity index (χ3n) is 2.23. The van der Waals surface area contributed by atoms with Gasteiger partial charge in [0, 0.05) is 0 Å². The van der Waals surface area contributed by atoms with Crippen LogP contribution < -0.4 is 10.1 Å². The molecular formula is C9H5F6NO2. The summed E-state index contributed by atoms with van der Waals surface area (Å²) in [7, 11) is 0. The van der Waals surface area contributed by atoms with Crippen LogP contribution in [-0.2, 0) is 12.4 Å². The van der Waals surface area contributed by atoms with Crippen molar-refractivity contribution in [1.29, 1.82) is 0 Å². The maximum Gasteiger partial charge on any atom is 0.420 e. The number of alkyl halides is 6. The second-order valence-corrected chi connectivity index (χ2v) is 3.51. The summed E-state index contributed by atoms with van der Waals surface area (Å²) in [6, 6.07) is 0.388. The Bertz CT molecular complexity index is 481. The van der Waals surface area contributed by atoms with Crippen LogP contribution in [0.5, 0.6) is 5.75 Å². The van der Waals surface area contributed by atoms with Crippen LogP contribution >= 0.6 is 0 Å². The minimum Gasteiger partial charge on any atom is -0.444 e. The molecule has 0 radical (unpaired) electrons. The van der Waals surface area contributed by atoms with Crippen molar-refractivity contribution in [2.45, 2.75) is 18.8 Å². The Kier molecular flexibility index (Phi) is 2.61. The van der Waals surface area contributed by atoms with Gasteiger partial charge in [0.1, 0.15) is 5.56 Å². The Morgan fingerprint density at radius 1 is 1.06 bits per heavy atom. The van der Waals surface area contributed by atoms with Crippen LogP contribution in [0.4, 0.5) is 32.0 Å². The van der Waals surface area contributed by atoms with E-state index in [1.54, 1.807) is 0 Å². The molecule has 0 bridgehead atoms. The largest absolute Gasteiger partial charge is 0.444 e. The van der Waals surface area contributed by atoms with Gasteiger partial charge in [-0.2, -0.15) is 26.3 Å². The van der Waals surface area contributed by atoms with E-state index in [0.717, 1.165) is 0 Å². The van der Waals surface area contributed by atoms with Crippen molar-refractivity contribution in [3.8, 4) is 5.75 Å². The molecule has 0 saturated carbocycles. The molecule has 1 atom stereocenters. The van der Waals surface area contributed by atoms with E-state index in [4.69, 9.17) is 5.11 Å². The second kappa shape index (κ2) is 3.67. The molecule has 3 nitrogen and oxygen atoms in total. The molecule has 1 aromatic rings. The van der Waals surface area contributed by atoms with Gasteiger partial charge < -0.3 is 15.2 Å². The van der Waals surface area contributed by atoms with Gasteiger partial charge in [0.15, 0.2) is 5.75 Å². The van der Waals surface area contributed by atoms with Gasteiger partial charge in [-0.1, -0.05) is 0 Å². The van der Waals surface area contributed by atoms with Gasteiger partial charge in [-0.05, 0) is 12.1 Å². The Morgan fingerprint density at radius 3 is 2.17 bits per heavy atom. The van der Waals surface area contributed by atoms with Crippen molar-refractivity contribution in [1.82, 2.24) is 0 Å². The van der Waals surface area contributed by atoms with E-state index >= 15 is 0 Å². The van der Waals surface area contributed by atoms with Gasteiger partial charge in [-0.25, -0.2) is 0 Å². The van der Waals surface area contributed by atoms with Crippen LogP contribution in [0.25, 0.3) is 0 Å². The maximum atomic E-state index is 12.6. The highest BCUT2D eigenvalue weighted by Gasteiger charge is 2.42. The monoisotopic (exact) mass is 273 g/mol. The minimum absolute atomic E-state index is 0.0570. The van der Waals surface area contributed by atoms with E-state index < -0.39 is 41.3 Å². The first-order chi connectivity index (χ1) is 8.09. The molecule has 1 unspecified atom stereocenters. The van der Waals surface area contributed by atoms with Crippen molar-refractivity contribution in [2.24, 2.45) is 0 Å². The van der Waals surface area contributed by atoms with E-state index in [1.165, 1.54) is 0 Å². The topological polar surface area (TPSA) is 41.5 Å². The molecule has 0 spiro atoms. The second-order valence-electron chi connectivity index (χ2n) is 3.51. The quantitative estimate of drug-likeness (QED) is 0.714. The van der Waals surface area contributed by atoms with E-state index in [-0.39, 0.29) is 6.07 Å². The number of hydrogen-bond donors (Lipinski definition) is 2. The number of ether oxygens (including phenoxy) is 1. The average molecular weight is 273 g/mol. The van der Waals surface area contributed by atoms with Crippen molar-refractivity contribution >= 4 is 5.69 Å². The third-order valence-corrected chi connectivity index (χ3v) is 2.23. The van der Waals surface area contributed by atoms with E-state index in [9.17, 15) is 26.3 Å². The Balaban J connectivity index is 2.62. The molecule has 1 aromatic carbocycles. The summed E-state index contributed by atoms with van der Waals surface area (Å²) >= 11 is 0. The predicted molar refractivity (Wildman–Crippen MR) is 46.7 cm³/mol. The van der Waals surface area contributed by atoms with Crippen LogP contribution in [0.1, 0.15) is 11.1 Å². The smallest absolute Gasteiger partial charge is 0.420 e. The van der Waals surface area contributed by atoms with E-state index in [1.807, 2.05) is 5.32 Å². The minimum atomic E-state index is -5.02. The number of benzene rings is 1. The molecule has 0 fully saturated rings.